The number of hydrogen-bond acceptors (Lipinski definition) is 5. The standard InChI is InChI=1S/C22H31N5O2.HI/c1-17-6-7-18(15-20(17)28-3)8-10-25-22(23-2)26-16-19-5-4-9-24-21(19)27-11-13-29-14-12-27;/h4-7,9,15H,8,10-14,16H2,1-3H3,(H2,23,25,26);1H. The fourth-order valence-corrected chi connectivity index (χ4v) is 3.37. The first-order valence-electron chi connectivity index (χ1n) is 10.1. The summed E-state index contributed by atoms with van der Waals surface area (Å²) in [4.78, 5) is 11.2. The SMILES string of the molecule is CN=C(NCCc1ccc(C)c(OC)c1)NCc1cccnc1N1CCOCC1.I. The Bertz CT molecular complexity index is 825. The Morgan fingerprint density at radius 2 is 2.03 bits per heavy atom. The number of aliphatic imine (C=N–C) groups is 1. The van der Waals surface area contributed by atoms with Crippen molar-refractivity contribution in [3.63, 3.8) is 0 Å². The van der Waals surface area contributed by atoms with Crippen LogP contribution in [0.1, 0.15) is 16.7 Å². The van der Waals surface area contributed by atoms with Crippen LogP contribution in [0.3, 0.4) is 0 Å². The van der Waals surface area contributed by atoms with E-state index < -0.39 is 0 Å². The number of nitrogens with zero attached hydrogens (tertiary/aromatic N) is 3. The molecule has 0 atom stereocenters. The van der Waals surface area contributed by atoms with Crippen LogP contribution < -0.4 is 20.3 Å². The van der Waals surface area contributed by atoms with Crippen LogP contribution in [0.5, 0.6) is 5.75 Å². The maximum Gasteiger partial charge on any atom is 0.191 e. The lowest BCUT2D eigenvalue weighted by Crippen LogP contribution is -2.40. The summed E-state index contributed by atoms with van der Waals surface area (Å²) in [5.41, 5.74) is 3.53. The number of anilines is 1. The molecule has 1 aromatic heterocycles. The average Bonchev–Trinajstić information content (AvgIpc) is 2.78. The summed E-state index contributed by atoms with van der Waals surface area (Å²) in [6.45, 7) is 6.74. The van der Waals surface area contributed by atoms with Crippen LogP contribution in [-0.4, -0.2) is 57.9 Å². The number of ether oxygens (including phenoxy) is 2. The van der Waals surface area contributed by atoms with Crippen molar-refractivity contribution in [2.75, 3.05) is 51.9 Å². The number of methoxy groups -OCH3 is 1. The summed E-state index contributed by atoms with van der Waals surface area (Å²) in [7, 11) is 3.50. The molecule has 1 aliphatic heterocycles. The minimum atomic E-state index is 0. The van der Waals surface area contributed by atoms with E-state index in [0.717, 1.165) is 67.9 Å². The van der Waals surface area contributed by atoms with Gasteiger partial charge in [-0.2, -0.15) is 0 Å². The zero-order valence-electron chi connectivity index (χ0n) is 18.0. The Kier molecular flexibility index (Phi) is 10.2. The molecule has 2 N–H and O–H groups in total. The van der Waals surface area contributed by atoms with Crippen molar-refractivity contribution in [1.29, 1.82) is 0 Å². The zero-order valence-corrected chi connectivity index (χ0v) is 20.3. The summed E-state index contributed by atoms with van der Waals surface area (Å²) in [5.74, 6) is 2.73. The summed E-state index contributed by atoms with van der Waals surface area (Å²) < 4.78 is 10.9. The van der Waals surface area contributed by atoms with Crippen LogP contribution in [0.15, 0.2) is 41.5 Å². The molecule has 0 aliphatic carbocycles. The van der Waals surface area contributed by atoms with Gasteiger partial charge in [-0.3, -0.25) is 4.99 Å². The summed E-state index contributed by atoms with van der Waals surface area (Å²) in [6.07, 6.45) is 2.74. The van der Waals surface area contributed by atoms with Crippen LogP contribution in [-0.2, 0) is 17.7 Å². The van der Waals surface area contributed by atoms with Gasteiger partial charge in [-0.05, 0) is 36.6 Å². The topological polar surface area (TPSA) is 71.0 Å². The van der Waals surface area contributed by atoms with Crippen LogP contribution in [0.2, 0.25) is 0 Å². The first-order chi connectivity index (χ1) is 14.2. The van der Waals surface area contributed by atoms with Gasteiger partial charge >= 0.3 is 0 Å². The maximum absolute atomic E-state index is 5.46. The first kappa shape index (κ1) is 24.2. The number of benzene rings is 1. The van der Waals surface area contributed by atoms with Gasteiger partial charge in [0.2, 0.25) is 0 Å². The van der Waals surface area contributed by atoms with E-state index in [2.05, 4.69) is 56.7 Å². The normalized spacial score (nSPS) is 14.1. The second-order valence-corrected chi connectivity index (χ2v) is 6.99. The second-order valence-electron chi connectivity index (χ2n) is 6.99. The van der Waals surface area contributed by atoms with E-state index in [1.54, 1.807) is 14.2 Å². The summed E-state index contributed by atoms with van der Waals surface area (Å²) in [6, 6.07) is 10.4. The third kappa shape index (κ3) is 6.73. The van der Waals surface area contributed by atoms with Crippen molar-refractivity contribution in [3.8, 4) is 5.75 Å². The number of pyridine rings is 1. The lowest BCUT2D eigenvalue weighted by Gasteiger charge is -2.29. The second kappa shape index (κ2) is 12.6. The van der Waals surface area contributed by atoms with Gasteiger partial charge in [0, 0.05) is 45.0 Å². The van der Waals surface area contributed by atoms with Crippen LogP contribution in [0, 0.1) is 6.92 Å². The molecule has 0 spiro atoms. The predicted molar refractivity (Wildman–Crippen MR) is 132 cm³/mol. The van der Waals surface area contributed by atoms with E-state index >= 15 is 0 Å². The van der Waals surface area contributed by atoms with Gasteiger partial charge in [0.1, 0.15) is 11.6 Å². The van der Waals surface area contributed by atoms with Gasteiger partial charge in [-0.1, -0.05) is 18.2 Å². The fourth-order valence-electron chi connectivity index (χ4n) is 3.37. The lowest BCUT2D eigenvalue weighted by atomic mass is 10.1. The molecule has 0 saturated carbocycles. The minimum Gasteiger partial charge on any atom is -0.496 e. The molecular formula is C22H32IN5O2. The monoisotopic (exact) mass is 525 g/mol. The third-order valence-corrected chi connectivity index (χ3v) is 5.03. The molecule has 1 aromatic carbocycles. The Morgan fingerprint density at radius 1 is 1.23 bits per heavy atom. The number of guanidine groups is 1. The van der Waals surface area contributed by atoms with Gasteiger partial charge in [-0.15, -0.1) is 24.0 Å². The number of aromatic nitrogens is 1. The minimum absolute atomic E-state index is 0. The Morgan fingerprint density at radius 3 is 2.77 bits per heavy atom. The highest BCUT2D eigenvalue weighted by Crippen LogP contribution is 2.19. The number of halogens is 1. The largest absolute Gasteiger partial charge is 0.496 e. The predicted octanol–water partition coefficient (Wildman–Crippen LogP) is 2.76. The Balaban J connectivity index is 0.00000320. The molecule has 1 aliphatic rings. The third-order valence-electron chi connectivity index (χ3n) is 5.03. The van der Waals surface area contributed by atoms with E-state index in [1.807, 2.05) is 12.3 Å². The number of morpholine rings is 1. The van der Waals surface area contributed by atoms with Gasteiger partial charge in [0.15, 0.2) is 5.96 Å². The molecule has 164 valence electrons. The highest BCUT2D eigenvalue weighted by Gasteiger charge is 2.15. The Hall–Kier alpha value is -2.07. The molecule has 2 aromatic rings. The number of hydrogen-bond donors (Lipinski definition) is 2. The highest BCUT2D eigenvalue weighted by atomic mass is 127. The molecule has 8 heteroatoms. The molecule has 1 fully saturated rings. The van der Waals surface area contributed by atoms with E-state index in [1.165, 1.54) is 5.56 Å². The maximum atomic E-state index is 5.46. The summed E-state index contributed by atoms with van der Waals surface area (Å²) in [5, 5.41) is 6.78. The van der Waals surface area contributed by atoms with Crippen molar-refractivity contribution in [3.05, 3.63) is 53.2 Å². The van der Waals surface area contributed by atoms with Gasteiger partial charge in [0.05, 0.1) is 20.3 Å². The number of aryl methyl sites for hydroxylation is 1. The molecule has 2 heterocycles. The summed E-state index contributed by atoms with van der Waals surface area (Å²) >= 11 is 0. The van der Waals surface area contributed by atoms with Crippen molar-refractivity contribution < 1.29 is 9.47 Å². The van der Waals surface area contributed by atoms with Crippen LogP contribution >= 0.6 is 24.0 Å². The average molecular weight is 525 g/mol. The first-order valence-corrected chi connectivity index (χ1v) is 10.1. The zero-order chi connectivity index (χ0) is 20.5. The smallest absolute Gasteiger partial charge is 0.191 e. The van der Waals surface area contributed by atoms with Gasteiger partial charge in [-0.25, -0.2) is 4.98 Å². The van der Waals surface area contributed by atoms with Crippen LogP contribution in [0.25, 0.3) is 0 Å². The molecule has 0 amide bonds. The molecule has 1 saturated heterocycles. The number of rotatable bonds is 7. The highest BCUT2D eigenvalue weighted by molar-refractivity contribution is 14.0. The quantitative estimate of drug-likeness (QED) is 0.329. The van der Waals surface area contributed by atoms with Crippen molar-refractivity contribution in [2.24, 2.45) is 4.99 Å². The van der Waals surface area contributed by atoms with Crippen molar-refractivity contribution in [1.82, 2.24) is 15.6 Å². The van der Waals surface area contributed by atoms with E-state index in [4.69, 9.17) is 9.47 Å². The Labute approximate surface area is 196 Å². The van der Waals surface area contributed by atoms with Gasteiger partial charge in [0.25, 0.3) is 0 Å². The number of nitrogens with one attached hydrogen (secondary N) is 2. The molecule has 0 radical (unpaired) electrons. The van der Waals surface area contributed by atoms with Gasteiger partial charge < -0.3 is 25.0 Å². The van der Waals surface area contributed by atoms with Crippen molar-refractivity contribution in [2.45, 2.75) is 19.9 Å². The fraction of sp³-hybridized carbons (Fsp3) is 0.455. The van der Waals surface area contributed by atoms with E-state index in [0.29, 0.717) is 6.54 Å². The molecular weight excluding hydrogens is 493 g/mol. The molecule has 30 heavy (non-hydrogen) atoms. The molecule has 3 rings (SSSR count). The van der Waals surface area contributed by atoms with Crippen molar-refractivity contribution >= 4 is 35.8 Å². The van der Waals surface area contributed by atoms with Crippen LogP contribution in [0.4, 0.5) is 5.82 Å². The van der Waals surface area contributed by atoms with E-state index in [-0.39, 0.29) is 24.0 Å². The molecule has 7 nitrogen and oxygen atoms in total. The van der Waals surface area contributed by atoms with E-state index in [9.17, 15) is 0 Å². The molecule has 0 unspecified atom stereocenters. The lowest BCUT2D eigenvalue weighted by molar-refractivity contribution is 0.122. The molecule has 0 bridgehead atoms.